The van der Waals surface area contributed by atoms with Gasteiger partial charge < -0.3 is 10.4 Å². The fraction of sp³-hybridized carbons (Fsp3) is 0.278. The zero-order valence-corrected chi connectivity index (χ0v) is 11.9. The number of carboxylic acid groups (broad SMARTS) is 1. The van der Waals surface area contributed by atoms with Crippen molar-refractivity contribution in [2.24, 2.45) is 0 Å². The largest absolute Gasteiger partial charge is 0.478 e. The molecule has 0 bridgehead atoms. The Balaban J connectivity index is 1.49. The molecule has 1 aliphatic carbocycles. The molecule has 0 spiro atoms. The van der Waals surface area contributed by atoms with Crippen molar-refractivity contribution in [3.8, 4) is 0 Å². The van der Waals surface area contributed by atoms with Crippen LogP contribution < -0.4 is 5.32 Å². The van der Waals surface area contributed by atoms with Gasteiger partial charge >= 0.3 is 5.97 Å². The summed E-state index contributed by atoms with van der Waals surface area (Å²) in [6.45, 7) is 1.77. The minimum Gasteiger partial charge on any atom is -0.478 e. The van der Waals surface area contributed by atoms with Crippen LogP contribution in [-0.4, -0.2) is 24.2 Å². The van der Waals surface area contributed by atoms with Crippen LogP contribution in [0.15, 0.2) is 48.5 Å². The maximum absolute atomic E-state index is 11.1. The van der Waals surface area contributed by atoms with Crippen LogP contribution in [0, 0.1) is 0 Å². The first-order chi connectivity index (χ1) is 10.3. The Bertz CT molecular complexity index is 651. The Morgan fingerprint density at radius 2 is 1.90 bits per heavy atom. The van der Waals surface area contributed by atoms with Crippen LogP contribution in [0.5, 0.6) is 0 Å². The van der Waals surface area contributed by atoms with E-state index in [0.29, 0.717) is 11.5 Å². The lowest BCUT2D eigenvalue weighted by Crippen LogP contribution is -2.30. The monoisotopic (exact) mass is 281 g/mol. The quantitative estimate of drug-likeness (QED) is 0.800. The van der Waals surface area contributed by atoms with Gasteiger partial charge in [-0.2, -0.15) is 0 Å². The normalized spacial score (nSPS) is 16.1. The number of carboxylic acids is 1. The minimum atomic E-state index is -0.849. The van der Waals surface area contributed by atoms with E-state index in [-0.39, 0.29) is 0 Å². The second-order valence-electron chi connectivity index (χ2n) is 5.52. The van der Waals surface area contributed by atoms with Crippen molar-refractivity contribution >= 4 is 5.97 Å². The molecule has 0 saturated carbocycles. The fourth-order valence-corrected chi connectivity index (χ4v) is 2.99. The predicted molar refractivity (Wildman–Crippen MR) is 82.9 cm³/mol. The van der Waals surface area contributed by atoms with Gasteiger partial charge in [0.1, 0.15) is 0 Å². The highest BCUT2D eigenvalue weighted by Gasteiger charge is 2.24. The number of aromatic carboxylic acids is 1. The number of hydrogen-bond donors (Lipinski definition) is 2. The Morgan fingerprint density at radius 3 is 2.71 bits per heavy atom. The van der Waals surface area contributed by atoms with E-state index >= 15 is 0 Å². The number of nitrogens with one attached hydrogen (secondary N) is 1. The third kappa shape index (κ3) is 2.98. The second-order valence-corrected chi connectivity index (χ2v) is 5.52. The van der Waals surface area contributed by atoms with Crippen molar-refractivity contribution in [1.29, 1.82) is 0 Å². The smallest absolute Gasteiger partial charge is 0.335 e. The van der Waals surface area contributed by atoms with E-state index in [9.17, 15) is 4.79 Å². The molecule has 2 N–H and O–H groups in total. The van der Waals surface area contributed by atoms with Crippen LogP contribution in [0.1, 0.15) is 33.0 Å². The van der Waals surface area contributed by atoms with Crippen molar-refractivity contribution in [3.05, 3.63) is 70.8 Å². The summed E-state index contributed by atoms with van der Waals surface area (Å²) in [6, 6.07) is 15.8. The van der Waals surface area contributed by atoms with E-state index in [4.69, 9.17) is 5.11 Å². The summed E-state index contributed by atoms with van der Waals surface area (Å²) in [6.07, 6.45) is 1.89. The molecule has 0 aliphatic heterocycles. The second kappa shape index (κ2) is 6.10. The maximum atomic E-state index is 11.1. The molecule has 1 atom stereocenters. The highest BCUT2D eigenvalue weighted by molar-refractivity contribution is 5.89. The van der Waals surface area contributed by atoms with Crippen LogP contribution in [0.3, 0.4) is 0 Å². The lowest BCUT2D eigenvalue weighted by molar-refractivity contribution is 0.0695. The first-order valence-corrected chi connectivity index (χ1v) is 7.35. The van der Waals surface area contributed by atoms with Crippen molar-refractivity contribution in [3.63, 3.8) is 0 Å². The van der Waals surface area contributed by atoms with E-state index in [1.54, 1.807) is 12.1 Å². The molecule has 0 fully saturated rings. The molecule has 2 aromatic rings. The molecule has 3 nitrogen and oxygen atoms in total. The van der Waals surface area contributed by atoms with Crippen LogP contribution in [0.25, 0.3) is 0 Å². The fourth-order valence-electron chi connectivity index (χ4n) is 2.99. The lowest BCUT2D eigenvalue weighted by Gasteiger charge is -2.30. The van der Waals surface area contributed by atoms with Gasteiger partial charge in [0.15, 0.2) is 0 Å². The molecular formula is C18H19NO2. The van der Waals surface area contributed by atoms with E-state index in [1.165, 1.54) is 11.1 Å². The van der Waals surface area contributed by atoms with Crippen molar-refractivity contribution < 1.29 is 9.90 Å². The topological polar surface area (TPSA) is 49.3 Å². The van der Waals surface area contributed by atoms with Crippen molar-refractivity contribution in [2.45, 2.75) is 18.8 Å². The van der Waals surface area contributed by atoms with Crippen LogP contribution in [-0.2, 0) is 12.8 Å². The Morgan fingerprint density at radius 1 is 1.14 bits per heavy atom. The van der Waals surface area contributed by atoms with Gasteiger partial charge in [-0.25, -0.2) is 4.79 Å². The standard InChI is InChI=1S/C18H19NO2/c20-18(21)17-8-4-1-5-13(17)9-10-19-12-15-11-14-6-2-3-7-16(14)15/h1-8,15,19H,9-12H2,(H,20,21). The molecule has 21 heavy (non-hydrogen) atoms. The molecule has 3 rings (SSSR count). The molecule has 0 amide bonds. The summed E-state index contributed by atoms with van der Waals surface area (Å²) in [7, 11) is 0. The summed E-state index contributed by atoms with van der Waals surface area (Å²) < 4.78 is 0. The molecule has 0 aromatic heterocycles. The third-order valence-corrected chi connectivity index (χ3v) is 4.17. The average Bonchev–Trinajstić information content (AvgIpc) is 2.48. The first kappa shape index (κ1) is 13.8. The van der Waals surface area contributed by atoms with E-state index in [2.05, 4.69) is 29.6 Å². The summed E-state index contributed by atoms with van der Waals surface area (Å²) in [5, 5.41) is 12.6. The Hall–Kier alpha value is -2.13. The molecule has 0 heterocycles. The number of fused-ring (bicyclic) bond motifs is 1. The zero-order chi connectivity index (χ0) is 14.7. The molecule has 0 saturated heterocycles. The van der Waals surface area contributed by atoms with Gasteiger partial charge in [0, 0.05) is 12.5 Å². The molecular weight excluding hydrogens is 262 g/mol. The third-order valence-electron chi connectivity index (χ3n) is 4.17. The minimum absolute atomic E-state index is 0.410. The SMILES string of the molecule is O=C(O)c1ccccc1CCNCC1Cc2ccccc21. The molecule has 0 radical (unpaired) electrons. The summed E-state index contributed by atoms with van der Waals surface area (Å²) >= 11 is 0. The van der Waals surface area contributed by atoms with Crippen LogP contribution >= 0.6 is 0 Å². The zero-order valence-electron chi connectivity index (χ0n) is 11.9. The Labute approximate surface area is 124 Å². The number of hydrogen-bond acceptors (Lipinski definition) is 2. The summed E-state index contributed by atoms with van der Waals surface area (Å²) in [4.78, 5) is 11.1. The van der Waals surface area contributed by atoms with Gasteiger partial charge in [-0.3, -0.25) is 0 Å². The van der Waals surface area contributed by atoms with Crippen molar-refractivity contribution in [2.75, 3.05) is 13.1 Å². The van der Waals surface area contributed by atoms with Gasteiger partial charge in [-0.05, 0) is 42.1 Å². The van der Waals surface area contributed by atoms with Gasteiger partial charge in [0.2, 0.25) is 0 Å². The molecule has 2 aromatic carbocycles. The van der Waals surface area contributed by atoms with Gasteiger partial charge in [0.25, 0.3) is 0 Å². The van der Waals surface area contributed by atoms with Crippen LogP contribution in [0.4, 0.5) is 0 Å². The van der Waals surface area contributed by atoms with E-state index in [1.807, 2.05) is 12.1 Å². The van der Waals surface area contributed by atoms with E-state index in [0.717, 1.165) is 31.5 Å². The highest BCUT2D eigenvalue weighted by atomic mass is 16.4. The average molecular weight is 281 g/mol. The summed E-state index contributed by atoms with van der Waals surface area (Å²) in [5.41, 5.74) is 4.22. The molecule has 3 heteroatoms. The molecule has 1 unspecified atom stereocenters. The first-order valence-electron chi connectivity index (χ1n) is 7.35. The highest BCUT2D eigenvalue weighted by Crippen LogP contribution is 2.33. The summed E-state index contributed by atoms with van der Waals surface area (Å²) in [5.74, 6) is -0.241. The number of rotatable bonds is 6. The van der Waals surface area contributed by atoms with E-state index < -0.39 is 5.97 Å². The maximum Gasteiger partial charge on any atom is 0.335 e. The van der Waals surface area contributed by atoms with Crippen molar-refractivity contribution in [1.82, 2.24) is 5.32 Å². The Kier molecular flexibility index (Phi) is 4.02. The van der Waals surface area contributed by atoms with Gasteiger partial charge in [-0.15, -0.1) is 0 Å². The number of benzene rings is 2. The van der Waals surface area contributed by atoms with Gasteiger partial charge in [-0.1, -0.05) is 42.5 Å². The molecule has 1 aliphatic rings. The van der Waals surface area contributed by atoms with Crippen LogP contribution in [0.2, 0.25) is 0 Å². The number of carbonyl (C=O) groups is 1. The van der Waals surface area contributed by atoms with Gasteiger partial charge in [0.05, 0.1) is 5.56 Å². The lowest BCUT2D eigenvalue weighted by atomic mass is 9.77. The predicted octanol–water partition coefficient (Wildman–Crippen LogP) is 2.86. The molecule has 108 valence electrons.